The number of fused-ring (bicyclic) bond motifs is 1. The summed E-state index contributed by atoms with van der Waals surface area (Å²) >= 11 is 1.85. The fourth-order valence-corrected chi connectivity index (χ4v) is 4.45. The lowest BCUT2D eigenvalue weighted by Crippen LogP contribution is -2.20. The second-order valence-corrected chi connectivity index (χ2v) is 7.42. The van der Waals surface area contributed by atoms with Crippen molar-refractivity contribution in [3.63, 3.8) is 0 Å². The summed E-state index contributed by atoms with van der Waals surface area (Å²) < 4.78 is 0. The van der Waals surface area contributed by atoms with Gasteiger partial charge in [-0.1, -0.05) is 18.6 Å². The van der Waals surface area contributed by atoms with Crippen LogP contribution in [0.4, 0.5) is 0 Å². The Morgan fingerprint density at radius 2 is 2.27 bits per heavy atom. The normalized spacial score (nSPS) is 22.1. The van der Waals surface area contributed by atoms with E-state index in [1.807, 2.05) is 36.9 Å². The molecule has 1 aliphatic carbocycles. The number of aliphatic hydroxyl groups excluding tert-OH is 1. The van der Waals surface area contributed by atoms with Gasteiger partial charge in [-0.25, -0.2) is 4.98 Å². The zero-order valence-corrected chi connectivity index (χ0v) is 13.7. The molecule has 0 amide bonds. The van der Waals surface area contributed by atoms with E-state index in [0.717, 1.165) is 35.5 Å². The molecule has 3 rings (SSSR count). The molecular formula is C17H22N2O2S. The second-order valence-electron chi connectivity index (χ2n) is 6.13. The van der Waals surface area contributed by atoms with Crippen molar-refractivity contribution in [1.29, 1.82) is 0 Å². The van der Waals surface area contributed by atoms with Crippen molar-refractivity contribution in [2.24, 2.45) is 5.92 Å². The molecule has 0 radical (unpaired) electrons. The number of benzene rings is 1. The molecule has 0 spiro atoms. The van der Waals surface area contributed by atoms with E-state index in [9.17, 15) is 9.90 Å². The molecule has 1 aromatic heterocycles. The lowest BCUT2D eigenvalue weighted by molar-refractivity contribution is 0.192. The van der Waals surface area contributed by atoms with E-state index in [0.29, 0.717) is 23.2 Å². The van der Waals surface area contributed by atoms with Gasteiger partial charge in [0.25, 0.3) is 5.56 Å². The van der Waals surface area contributed by atoms with Crippen molar-refractivity contribution in [2.45, 2.75) is 43.6 Å². The second kappa shape index (κ2) is 6.84. The number of aryl methyl sites for hydroxylation is 1. The SMILES string of the molecule is Cc1cccc2c(=O)[nH]c(CS[C@@H]3CCC[C@@H](CO)C3)nc12. The predicted molar refractivity (Wildman–Crippen MR) is 91.2 cm³/mol. The summed E-state index contributed by atoms with van der Waals surface area (Å²) in [5, 5.41) is 10.5. The maximum Gasteiger partial charge on any atom is 0.258 e. The van der Waals surface area contributed by atoms with Gasteiger partial charge in [0.05, 0.1) is 16.7 Å². The first kappa shape index (κ1) is 15.6. The van der Waals surface area contributed by atoms with Crippen molar-refractivity contribution in [1.82, 2.24) is 9.97 Å². The van der Waals surface area contributed by atoms with Crippen LogP contribution in [0.3, 0.4) is 0 Å². The Morgan fingerprint density at radius 1 is 1.41 bits per heavy atom. The molecule has 1 saturated carbocycles. The molecule has 0 saturated heterocycles. The zero-order valence-electron chi connectivity index (χ0n) is 12.8. The van der Waals surface area contributed by atoms with E-state index in [2.05, 4.69) is 9.97 Å². The molecule has 1 heterocycles. The smallest absolute Gasteiger partial charge is 0.258 e. The third-order valence-corrected chi connectivity index (χ3v) is 5.78. The van der Waals surface area contributed by atoms with Crippen LogP contribution < -0.4 is 5.56 Å². The number of aliphatic hydroxyl groups is 1. The topological polar surface area (TPSA) is 66.0 Å². The van der Waals surface area contributed by atoms with Crippen LogP contribution in [0.1, 0.15) is 37.1 Å². The van der Waals surface area contributed by atoms with Gasteiger partial charge in [0.1, 0.15) is 5.82 Å². The first-order chi connectivity index (χ1) is 10.7. The van der Waals surface area contributed by atoms with E-state index >= 15 is 0 Å². The quantitative estimate of drug-likeness (QED) is 0.909. The van der Waals surface area contributed by atoms with Crippen molar-refractivity contribution in [2.75, 3.05) is 6.61 Å². The van der Waals surface area contributed by atoms with E-state index in [-0.39, 0.29) is 5.56 Å². The van der Waals surface area contributed by atoms with E-state index in [4.69, 9.17) is 0 Å². The lowest BCUT2D eigenvalue weighted by atomic mass is 9.90. The highest BCUT2D eigenvalue weighted by Gasteiger charge is 2.22. The summed E-state index contributed by atoms with van der Waals surface area (Å²) in [4.78, 5) is 19.7. The number of nitrogens with one attached hydrogen (secondary N) is 1. The van der Waals surface area contributed by atoms with Gasteiger partial charge in [-0.15, -0.1) is 0 Å². The molecule has 1 aliphatic rings. The minimum Gasteiger partial charge on any atom is -0.396 e. The number of hydrogen-bond acceptors (Lipinski definition) is 4. The number of aromatic amines is 1. The third-order valence-electron chi connectivity index (χ3n) is 4.44. The van der Waals surface area contributed by atoms with E-state index in [1.54, 1.807) is 0 Å². The molecule has 4 nitrogen and oxygen atoms in total. The number of para-hydroxylation sites is 1. The molecule has 0 bridgehead atoms. The minimum absolute atomic E-state index is 0.0545. The lowest BCUT2D eigenvalue weighted by Gasteiger charge is -2.27. The Bertz CT molecular complexity index is 713. The highest BCUT2D eigenvalue weighted by molar-refractivity contribution is 7.99. The van der Waals surface area contributed by atoms with Gasteiger partial charge in [-0.05, 0) is 43.7 Å². The monoisotopic (exact) mass is 318 g/mol. The summed E-state index contributed by atoms with van der Waals surface area (Å²) in [5.41, 5.74) is 1.78. The Kier molecular flexibility index (Phi) is 4.84. The number of hydrogen-bond donors (Lipinski definition) is 2. The van der Waals surface area contributed by atoms with E-state index < -0.39 is 0 Å². The molecule has 2 atom stereocenters. The molecule has 1 aromatic carbocycles. The average molecular weight is 318 g/mol. The van der Waals surface area contributed by atoms with Gasteiger partial charge in [0.2, 0.25) is 0 Å². The molecule has 2 N–H and O–H groups in total. The number of aromatic nitrogens is 2. The molecule has 5 heteroatoms. The maximum absolute atomic E-state index is 12.2. The molecule has 1 fully saturated rings. The van der Waals surface area contributed by atoms with Crippen LogP contribution in [0, 0.1) is 12.8 Å². The van der Waals surface area contributed by atoms with Gasteiger partial charge < -0.3 is 10.1 Å². The predicted octanol–water partition coefficient (Wildman–Crippen LogP) is 3.02. The third kappa shape index (κ3) is 3.36. The van der Waals surface area contributed by atoms with Crippen LogP contribution in [-0.4, -0.2) is 26.9 Å². The summed E-state index contributed by atoms with van der Waals surface area (Å²) in [5.74, 6) is 1.92. The Labute approximate surface area is 134 Å². The van der Waals surface area contributed by atoms with Crippen LogP contribution in [-0.2, 0) is 5.75 Å². The first-order valence-corrected chi connectivity index (χ1v) is 8.93. The largest absolute Gasteiger partial charge is 0.396 e. The van der Waals surface area contributed by atoms with Gasteiger partial charge >= 0.3 is 0 Å². The van der Waals surface area contributed by atoms with Crippen molar-refractivity contribution < 1.29 is 5.11 Å². The van der Waals surface area contributed by atoms with Gasteiger partial charge in [-0.3, -0.25) is 4.79 Å². The molecule has 118 valence electrons. The Hall–Kier alpha value is -1.33. The van der Waals surface area contributed by atoms with Gasteiger partial charge in [0.15, 0.2) is 0 Å². The highest BCUT2D eigenvalue weighted by atomic mass is 32.2. The fraction of sp³-hybridized carbons (Fsp3) is 0.529. The van der Waals surface area contributed by atoms with Crippen LogP contribution in [0.15, 0.2) is 23.0 Å². The number of rotatable bonds is 4. The van der Waals surface area contributed by atoms with Crippen LogP contribution >= 0.6 is 11.8 Å². The molecule has 2 aromatic rings. The summed E-state index contributed by atoms with van der Waals surface area (Å²) in [6, 6.07) is 5.69. The first-order valence-electron chi connectivity index (χ1n) is 7.88. The number of H-pyrrole nitrogens is 1. The summed E-state index contributed by atoms with van der Waals surface area (Å²) in [6.45, 7) is 2.28. The van der Waals surface area contributed by atoms with Crippen molar-refractivity contribution in [3.8, 4) is 0 Å². The Balaban J connectivity index is 1.74. The fourth-order valence-electron chi connectivity index (χ4n) is 3.18. The zero-order chi connectivity index (χ0) is 15.5. The van der Waals surface area contributed by atoms with Crippen LogP contribution in [0.25, 0.3) is 10.9 Å². The highest BCUT2D eigenvalue weighted by Crippen LogP contribution is 2.33. The molecule has 0 aliphatic heterocycles. The van der Waals surface area contributed by atoms with Gasteiger partial charge in [0, 0.05) is 11.9 Å². The van der Waals surface area contributed by atoms with Crippen LogP contribution in [0.5, 0.6) is 0 Å². The van der Waals surface area contributed by atoms with Crippen molar-refractivity contribution in [3.05, 3.63) is 39.9 Å². The standard InChI is InChI=1S/C17H22N2O2S/c1-11-4-2-7-14-16(11)18-15(19-17(14)21)10-22-13-6-3-5-12(8-13)9-20/h2,4,7,12-13,20H,3,5-6,8-10H2,1H3,(H,18,19,21)/t12-,13-/m1/s1. The Morgan fingerprint density at radius 3 is 3.09 bits per heavy atom. The molecule has 0 unspecified atom stereocenters. The number of nitrogens with zero attached hydrogens (tertiary/aromatic N) is 1. The van der Waals surface area contributed by atoms with Crippen LogP contribution in [0.2, 0.25) is 0 Å². The summed E-state index contributed by atoms with van der Waals surface area (Å²) in [6.07, 6.45) is 4.58. The average Bonchev–Trinajstić information content (AvgIpc) is 2.54. The molecule has 22 heavy (non-hydrogen) atoms. The molecular weight excluding hydrogens is 296 g/mol. The van der Waals surface area contributed by atoms with Gasteiger partial charge in [-0.2, -0.15) is 11.8 Å². The van der Waals surface area contributed by atoms with Crippen molar-refractivity contribution >= 4 is 22.7 Å². The summed E-state index contributed by atoms with van der Waals surface area (Å²) in [7, 11) is 0. The minimum atomic E-state index is -0.0545. The maximum atomic E-state index is 12.2. The van der Waals surface area contributed by atoms with E-state index in [1.165, 1.54) is 12.8 Å². The number of thioether (sulfide) groups is 1.